The molecule has 0 unspecified atom stereocenters. The largest absolute Gasteiger partial charge is 0.256 e. The van der Waals surface area contributed by atoms with Crippen LogP contribution in [0.15, 0.2) is 42.6 Å². The van der Waals surface area contributed by atoms with Crippen molar-refractivity contribution in [3.63, 3.8) is 0 Å². The molecule has 27 heavy (non-hydrogen) atoms. The molecule has 1 heterocycles. The van der Waals surface area contributed by atoms with Crippen LogP contribution in [0.3, 0.4) is 0 Å². The maximum absolute atomic E-state index is 4.87. The van der Waals surface area contributed by atoms with E-state index in [2.05, 4.69) is 84.9 Å². The summed E-state index contributed by atoms with van der Waals surface area (Å²) in [6.07, 6.45) is 4.11. The lowest BCUT2D eigenvalue weighted by Crippen LogP contribution is -2.12. The van der Waals surface area contributed by atoms with Crippen molar-refractivity contribution in [3.05, 3.63) is 64.8 Å². The molecule has 1 nitrogen and oxygen atoms in total. The number of hydrogen-bond donors (Lipinski definition) is 0. The fourth-order valence-corrected chi connectivity index (χ4v) is 4.00. The van der Waals surface area contributed by atoms with Gasteiger partial charge in [-0.25, -0.2) is 0 Å². The van der Waals surface area contributed by atoms with Crippen LogP contribution in [0.25, 0.3) is 22.0 Å². The average molecular weight is 360 g/mol. The summed E-state index contributed by atoms with van der Waals surface area (Å²) in [4.78, 5) is 4.87. The predicted octanol–water partition coefficient (Wildman–Crippen LogP) is 7.31. The van der Waals surface area contributed by atoms with E-state index < -0.39 is 0 Å². The lowest BCUT2D eigenvalue weighted by Gasteiger charge is -2.23. The minimum absolute atomic E-state index is 0.238. The van der Waals surface area contributed by atoms with Crippen LogP contribution in [0.5, 0.6) is 0 Å². The van der Waals surface area contributed by atoms with Gasteiger partial charge in [-0.2, -0.15) is 0 Å². The van der Waals surface area contributed by atoms with Gasteiger partial charge in [-0.3, -0.25) is 4.98 Å². The van der Waals surface area contributed by atoms with Crippen molar-refractivity contribution in [1.29, 1.82) is 0 Å². The van der Waals surface area contributed by atoms with Crippen molar-refractivity contribution in [2.24, 2.45) is 11.3 Å². The second-order valence-corrected chi connectivity index (χ2v) is 9.66. The van der Waals surface area contributed by atoms with Crippen LogP contribution >= 0.6 is 0 Å². The van der Waals surface area contributed by atoms with Crippen molar-refractivity contribution in [2.75, 3.05) is 0 Å². The molecule has 0 radical (unpaired) electrons. The zero-order chi connectivity index (χ0) is 19.8. The number of pyridine rings is 1. The summed E-state index contributed by atoms with van der Waals surface area (Å²) in [6, 6.07) is 13.6. The van der Waals surface area contributed by atoms with Gasteiger partial charge in [0.2, 0.25) is 0 Å². The van der Waals surface area contributed by atoms with Crippen LogP contribution in [0.4, 0.5) is 0 Å². The Labute approximate surface area is 164 Å². The second kappa shape index (κ2) is 7.46. The highest BCUT2D eigenvalue weighted by molar-refractivity contribution is 5.95. The molecule has 0 fully saturated rings. The van der Waals surface area contributed by atoms with E-state index >= 15 is 0 Å². The first kappa shape index (κ1) is 19.6. The Bertz CT molecular complexity index is 958. The average Bonchev–Trinajstić information content (AvgIpc) is 2.55. The highest BCUT2D eigenvalue weighted by atomic mass is 14.7. The van der Waals surface area contributed by atoms with Crippen molar-refractivity contribution in [2.45, 2.75) is 61.3 Å². The normalized spacial score (nSPS) is 12.1. The Balaban J connectivity index is 2.25. The minimum Gasteiger partial charge on any atom is -0.256 e. The van der Waals surface area contributed by atoms with Gasteiger partial charge < -0.3 is 0 Å². The number of nitrogens with zero attached hydrogens (tertiary/aromatic N) is 1. The minimum atomic E-state index is 0.238. The highest BCUT2D eigenvalue weighted by Gasteiger charge is 2.19. The van der Waals surface area contributed by atoms with Gasteiger partial charge in [0.25, 0.3) is 0 Å². The monoisotopic (exact) mass is 359 g/mol. The Morgan fingerprint density at radius 2 is 1.70 bits per heavy atom. The van der Waals surface area contributed by atoms with Crippen LogP contribution in [-0.4, -0.2) is 4.98 Å². The van der Waals surface area contributed by atoms with Gasteiger partial charge in [0.1, 0.15) is 0 Å². The van der Waals surface area contributed by atoms with Gasteiger partial charge in [-0.05, 0) is 78.3 Å². The Morgan fingerprint density at radius 1 is 0.963 bits per heavy atom. The third-order valence-electron chi connectivity index (χ3n) is 5.05. The van der Waals surface area contributed by atoms with Crippen LogP contribution in [0, 0.1) is 25.2 Å². The van der Waals surface area contributed by atoms with Crippen molar-refractivity contribution in [3.8, 4) is 11.3 Å². The predicted molar refractivity (Wildman–Crippen MR) is 118 cm³/mol. The Hall–Kier alpha value is -2.15. The number of rotatable bonds is 4. The summed E-state index contributed by atoms with van der Waals surface area (Å²) in [5.74, 6) is 0.653. The first-order valence-corrected chi connectivity index (χ1v) is 10.1. The van der Waals surface area contributed by atoms with Crippen LogP contribution in [0.2, 0.25) is 0 Å². The van der Waals surface area contributed by atoms with E-state index in [0.29, 0.717) is 5.92 Å². The fraction of sp³-hybridized carbons (Fsp3) is 0.423. The molecule has 0 aliphatic heterocycles. The third-order valence-corrected chi connectivity index (χ3v) is 5.05. The second-order valence-electron chi connectivity index (χ2n) is 9.66. The van der Waals surface area contributed by atoms with Crippen LogP contribution in [-0.2, 0) is 12.8 Å². The number of benzene rings is 2. The SMILES string of the molecule is Cc1cc(C)c(CC(C)(C)C)c(-c2nccc3ccc(CC(C)C)cc23)c1. The lowest BCUT2D eigenvalue weighted by atomic mass is 9.82. The van der Waals surface area contributed by atoms with Gasteiger partial charge >= 0.3 is 0 Å². The van der Waals surface area contributed by atoms with E-state index in [4.69, 9.17) is 4.98 Å². The molecular weight excluding hydrogens is 326 g/mol. The maximum Gasteiger partial charge on any atom is 0.0783 e. The zero-order valence-corrected chi connectivity index (χ0v) is 18.0. The number of aromatic nitrogens is 1. The molecule has 142 valence electrons. The molecule has 2 aromatic carbocycles. The van der Waals surface area contributed by atoms with E-state index in [-0.39, 0.29) is 5.41 Å². The molecule has 0 saturated heterocycles. The molecule has 0 bridgehead atoms. The molecule has 1 heteroatoms. The maximum atomic E-state index is 4.87. The van der Waals surface area contributed by atoms with E-state index in [9.17, 15) is 0 Å². The molecule has 0 N–H and O–H groups in total. The van der Waals surface area contributed by atoms with E-state index in [1.54, 1.807) is 0 Å². The molecule has 0 aliphatic carbocycles. The molecule has 0 saturated carbocycles. The Kier molecular flexibility index (Phi) is 5.42. The van der Waals surface area contributed by atoms with E-state index in [1.165, 1.54) is 38.6 Å². The Morgan fingerprint density at radius 3 is 2.37 bits per heavy atom. The molecule has 3 rings (SSSR count). The van der Waals surface area contributed by atoms with Gasteiger partial charge in [-0.1, -0.05) is 58.4 Å². The van der Waals surface area contributed by atoms with Gasteiger partial charge in [0.05, 0.1) is 5.69 Å². The summed E-state index contributed by atoms with van der Waals surface area (Å²) in [5, 5.41) is 2.55. The topological polar surface area (TPSA) is 12.9 Å². The van der Waals surface area contributed by atoms with Crippen molar-refractivity contribution >= 4 is 10.8 Å². The summed E-state index contributed by atoms with van der Waals surface area (Å²) in [5.41, 5.74) is 8.17. The van der Waals surface area contributed by atoms with Gasteiger partial charge in [-0.15, -0.1) is 0 Å². The van der Waals surface area contributed by atoms with Crippen LogP contribution in [0.1, 0.15) is 56.9 Å². The molecule has 0 aliphatic rings. The summed E-state index contributed by atoms with van der Waals surface area (Å²) in [6.45, 7) is 15.9. The highest BCUT2D eigenvalue weighted by Crippen LogP contribution is 2.35. The number of aryl methyl sites for hydroxylation is 2. The first-order chi connectivity index (χ1) is 12.6. The van der Waals surface area contributed by atoms with Crippen molar-refractivity contribution < 1.29 is 0 Å². The number of hydrogen-bond acceptors (Lipinski definition) is 1. The molecule has 3 aromatic rings. The lowest BCUT2D eigenvalue weighted by molar-refractivity contribution is 0.411. The molecular formula is C26H33N. The molecule has 0 spiro atoms. The molecule has 0 atom stereocenters. The van der Waals surface area contributed by atoms with E-state index in [0.717, 1.165) is 18.5 Å². The molecule has 1 aromatic heterocycles. The van der Waals surface area contributed by atoms with Crippen LogP contribution < -0.4 is 0 Å². The number of fused-ring (bicyclic) bond motifs is 1. The van der Waals surface area contributed by atoms with Gasteiger partial charge in [0, 0.05) is 17.1 Å². The summed E-state index contributed by atoms with van der Waals surface area (Å²) in [7, 11) is 0. The smallest absolute Gasteiger partial charge is 0.0783 e. The summed E-state index contributed by atoms with van der Waals surface area (Å²) < 4.78 is 0. The fourth-order valence-electron chi connectivity index (χ4n) is 4.00. The summed E-state index contributed by atoms with van der Waals surface area (Å²) >= 11 is 0. The zero-order valence-electron chi connectivity index (χ0n) is 18.0. The molecule has 0 amide bonds. The third kappa shape index (κ3) is 4.58. The quantitative estimate of drug-likeness (QED) is 0.476. The first-order valence-electron chi connectivity index (χ1n) is 10.1. The standard InChI is InChI=1S/C26H33N/c1-17(2)12-20-8-9-21-10-11-27-25(22(21)15-20)23-14-18(3)13-19(4)24(23)16-26(5,6)7/h8-11,13-15,17H,12,16H2,1-7H3. The van der Waals surface area contributed by atoms with Crippen molar-refractivity contribution in [1.82, 2.24) is 4.98 Å². The van der Waals surface area contributed by atoms with E-state index in [1.807, 2.05) is 6.20 Å². The van der Waals surface area contributed by atoms with Gasteiger partial charge in [0.15, 0.2) is 0 Å².